The van der Waals surface area contributed by atoms with E-state index in [4.69, 9.17) is 14.2 Å². The lowest BCUT2D eigenvalue weighted by Gasteiger charge is -2.32. The third-order valence-electron chi connectivity index (χ3n) is 4.92. The van der Waals surface area contributed by atoms with Crippen LogP contribution in [0.4, 0.5) is 13.2 Å². The van der Waals surface area contributed by atoms with E-state index < -0.39 is 23.7 Å². The van der Waals surface area contributed by atoms with Gasteiger partial charge in [-0.15, -0.1) is 0 Å². The van der Waals surface area contributed by atoms with Gasteiger partial charge in [0, 0.05) is 19.6 Å². The quantitative estimate of drug-likeness (QED) is 0.501. The zero-order valence-electron chi connectivity index (χ0n) is 17.4. The van der Waals surface area contributed by atoms with Crippen molar-refractivity contribution in [1.29, 1.82) is 0 Å². The van der Waals surface area contributed by atoms with Crippen molar-refractivity contribution in [2.75, 3.05) is 20.3 Å². The number of methoxy groups -OCH3 is 1. The van der Waals surface area contributed by atoms with E-state index in [2.05, 4.69) is 0 Å². The molecule has 0 aromatic heterocycles. The Bertz CT molecular complexity index is 839. The zero-order chi connectivity index (χ0) is 22.9. The topological polar surface area (TPSA) is 61.8 Å². The first-order valence-electron chi connectivity index (χ1n) is 9.75. The number of hydrogen-bond acceptors (Lipinski definition) is 5. The molecule has 0 bridgehead atoms. The van der Waals surface area contributed by atoms with Crippen molar-refractivity contribution in [1.82, 2.24) is 0 Å². The molecule has 0 spiro atoms. The van der Waals surface area contributed by atoms with E-state index in [1.807, 2.05) is 30.3 Å². The molecule has 0 aliphatic rings. The minimum Gasteiger partial charge on any atom is -0.466 e. The lowest BCUT2D eigenvalue weighted by Crippen LogP contribution is -2.51. The summed E-state index contributed by atoms with van der Waals surface area (Å²) in [6.45, 7) is 1.19. The Morgan fingerprint density at radius 1 is 0.871 bits per heavy atom. The van der Waals surface area contributed by atoms with Crippen molar-refractivity contribution in [2.45, 2.75) is 37.5 Å². The van der Waals surface area contributed by atoms with Crippen LogP contribution in [0.3, 0.4) is 0 Å². The summed E-state index contributed by atoms with van der Waals surface area (Å²) in [6.07, 6.45) is -4.33. The first-order chi connectivity index (χ1) is 14.7. The number of halogens is 3. The molecule has 0 saturated carbocycles. The summed E-state index contributed by atoms with van der Waals surface area (Å²) >= 11 is 0. The molecule has 2 aromatic rings. The van der Waals surface area contributed by atoms with Crippen LogP contribution in [0.15, 0.2) is 60.7 Å². The Hall–Kier alpha value is -2.87. The second-order valence-electron chi connectivity index (χ2n) is 6.91. The Balaban J connectivity index is 2.13. The maximum Gasteiger partial charge on any atom is 0.432 e. The summed E-state index contributed by atoms with van der Waals surface area (Å²) in [5, 5.41) is 0. The Labute approximate surface area is 179 Å². The Kier molecular flexibility index (Phi) is 8.62. The van der Waals surface area contributed by atoms with Gasteiger partial charge in [-0.3, -0.25) is 4.79 Å². The molecule has 0 heterocycles. The van der Waals surface area contributed by atoms with E-state index in [0.29, 0.717) is 6.42 Å². The lowest BCUT2D eigenvalue weighted by molar-refractivity contribution is -0.276. The van der Waals surface area contributed by atoms with Gasteiger partial charge in [0.25, 0.3) is 5.60 Å². The lowest BCUT2D eigenvalue weighted by atomic mass is 9.92. The van der Waals surface area contributed by atoms with Crippen molar-refractivity contribution in [2.24, 2.45) is 0 Å². The highest BCUT2D eigenvalue weighted by Crippen LogP contribution is 2.43. The summed E-state index contributed by atoms with van der Waals surface area (Å²) in [7, 11) is 0.827. The standard InChI is InChI=1S/C23H25F3O5/c1-17(27)30-15-13-19(18-9-5-3-6-10-18)14-16-31-21(28)22(29-2,23(24,25)26)20-11-7-4-8-12-20/h3-12,19H,13-16H2,1-2H3/t19-,22+/m1/s1. The second-order valence-corrected chi connectivity index (χ2v) is 6.91. The van der Waals surface area contributed by atoms with E-state index in [9.17, 15) is 22.8 Å². The van der Waals surface area contributed by atoms with Crippen molar-refractivity contribution >= 4 is 11.9 Å². The smallest absolute Gasteiger partial charge is 0.432 e. The van der Waals surface area contributed by atoms with Crippen molar-refractivity contribution in [3.63, 3.8) is 0 Å². The molecule has 5 nitrogen and oxygen atoms in total. The van der Waals surface area contributed by atoms with Crippen LogP contribution in [-0.2, 0) is 29.4 Å². The second kappa shape index (κ2) is 10.9. The van der Waals surface area contributed by atoms with E-state index in [1.165, 1.54) is 31.2 Å². The fourth-order valence-electron chi connectivity index (χ4n) is 3.33. The molecule has 0 amide bonds. The Morgan fingerprint density at radius 2 is 1.39 bits per heavy atom. The van der Waals surface area contributed by atoms with Gasteiger partial charge in [0.1, 0.15) is 0 Å². The average Bonchev–Trinajstić information content (AvgIpc) is 2.73. The third kappa shape index (κ3) is 6.07. The number of carbonyl (C=O) groups is 2. The normalized spacial score (nSPS) is 14.4. The van der Waals surface area contributed by atoms with E-state index in [-0.39, 0.29) is 31.1 Å². The summed E-state index contributed by atoms with van der Waals surface area (Å²) in [4.78, 5) is 23.7. The number of ether oxygens (including phenoxy) is 3. The molecule has 0 aliphatic heterocycles. The van der Waals surface area contributed by atoms with Crippen LogP contribution < -0.4 is 0 Å². The van der Waals surface area contributed by atoms with E-state index >= 15 is 0 Å². The van der Waals surface area contributed by atoms with Crippen molar-refractivity contribution in [3.8, 4) is 0 Å². The van der Waals surface area contributed by atoms with E-state index in [0.717, 1.165) is 12.7 Å². The van der Waals surface area contributed by atoms with Crippen LogP contribution in [0.25, 0.3) is 0 Å². The largest absolute Gasteiger partial charge is 0.466 e. The van der Waals surface area contributed by atoms with Crippen LogP contribution in [0.2, 0.25) is 0 Å². The maximum atomic E-state index is 13.9. The monoisotopic (exact) mass is 438 g/mol. The van der Waals surface area contributed by atoms with Crippen LogP contribution in [-0.4, -0.2) is 38.4 Å². The molecule has 2 atom stereocenters. The fourth-order valence-corrected chi connectivity index (χ4v) is 3.33. The van der Waals surface area contributed by atoms with Crippen molar-refractivity contribution in [3.05, 3.63) is 71.8 Å². The van der Waals surface area contributed by atoms with Gasteiger partial charge in [-0.25, -0.2) is 4.79 Å². The molecule has 31 heavy (non-hydrogen) atoms. The van der Waals surface area contributed by atoms with E-state index in [1.54, 1.807) is 6.07 Å². The van der Waals surface area contributed by atoms with Gasteiger partial charge in [-0.1, -0.05) is 60.7 Å². The predicted molar refractivity (Wildman–Crippen MR) is 107 cm³/mol. The minimum atomic E-state index is -5.02. The molecule has 0 radical (unpaired) electrons. The number of rotatable bonds is 10. The van der Waals surface area contributed by atoms with Crippen LogP contribution in [0, 0.1) is 0 Å². The van der Waals surface area contributed by atoms with Crippen molar-refractivity contribution < 1.29 is 37.0 Å². The van der Waals surface area contributed by atoms with Gasteiger partial charge >= 0.3 is 18.1 Å². The molecule has 2 rings (SSSR count). The zero-order valence-corrected chi connectivity index (χ0v) is 17.4. The SMILES string of the molecule is CO[C@](C(=O)OCC[C@@H](CCOC(C)=O)c1ccccc1)(c1ccccc1)C(F)(F)F. The highest BCUT2D eigenvalue weighted by Gasteiger charge is 2.64. The first-order valence-corrected chi connectivity index (χ1v) is 9.75. The third-order valence-corrected chi connectivity index (χ3v) is 4.92. The molecule has 0 fully saturated rings. The maximum absolute atomic E-state index is 13.9. The molecule has 8 heteroatoms. The van der Waals surface area contributed by atoms with Gasteiger partial charge in [0.15, 0.2) is 0 Å². The van der Waals surface area contributed by atoms with Gasteiger partial charge < -0.3 is 14.2 Å². The molecular weight excluding hydrogens is 413 g/mol. The Morgan fingerprint density at radius 3 is 1.87 bits per heavy atom. The summed E-state index contributed by atoms with van der Waals surface area (Å²) in [5.74, 6) is -2.12. The summed E-state index contributed by atoms with van der Waals surface area (Å²) in [6, 6.07) is 15.9. The number of benzene rings is 2. The van der Waals surface area contributed by atoms with Gasteiger partial charge in [-0.05, 0) is 24.3 Å². The predicted octanol–water partition coefficient (Wildman–Crippen LogP) is 4.76. The molecule has 0 aliphatic carbocycles. The molecule has 0 unspecified atom stereocenters. The minimum absolute atomic E-state index is 0.150. The van der Waals surface area contributed by atoms with Gasteiger partial charge in [0.05, 0.1) is 13.2 Å². The average molecular weight is 438 g/mol. The van der Waals surface area contributed by atoms with Crippen LogP contribution in [0.1, 0.15) is 36.8 Å². The highest BCUT2D eigenvalue weighted by atomic mass is 19.4. The number of esters is 2. The summed E-state index contributed by atoms with van der Waals surface area (Å²) < 4.78 is 56.6. The molecule has 0 saturated heterocycles. The number of carbonyl (C=O) groups excluding carboxylic acids is 2. The molecule has 168 valence electrons. The van der Waals surface area contributed by atoms with Gasteiger partial charge in [-0.2, -0.15) is 13.2 Å². The van der Waals surface area contributed by atoms with Gasteiger partial charge in [0.2, 0.25) is 0 Å². The summed E-state index contributed by atoms with van der Waals surface area (Å²) in [5.41, 5.74) is -2.67. The van der Waals surface area contributed by atoms with Crippen LogP contribution in [0.5, 0.6) is 0 Å². The molecule has 0 N–H and O–H groups in total. The first kappa shape index (κ1) is 24.4. The fraction of sp³-hybridized carbons (Fsp3) is 0.391. The number of hydrogen-bond donors (Lipinski definition) is 0. The van der Waals surface area contributed by atoms with Crippen LogP contribution >= 0.6 is 0 Å². The highest BCUT2D eigenvalue weighted by molar-refractivity contribution is 5.82. The number of alkyl halides is 3. The molecule has 2 aromatic carbocycles. The molecular formula is C23H25F3O5.